The molecule has 0 saturated carbocycles. The number of carboxylic acid groups (broad SMARTS) is 1. The summed E-state index contributed by atoms with van der Waals surface area (Å²) in [5, 5.41) is 11.4. The van der Waals surface area contributed by atoms with E-state index in [-0.39, 0.29) is 12.0 Å². The highest BCUT2D eigenvalue weighted by Crippen LogP contribution is 2.19. The van der Waals surface area contributed by atoms with E-state index >= 15 is 0 Å². The van der Waals surface area contributed by atoms with Crippen LogP contribution in [-0.2, 0) is 23.8 Å². The minimum absolute atomic E-state index is 0.139. The summed E-state index contributed by atoms with van der Waals surface area (Å²) in [5.74, 6) is -1.30. The van der Waals surface area contributed by atoms with Gasteiger partial charge in [0, 0.05) is 6.54 Å². The van der Waals surface area contributed by atoms with E-state index in [0.29, 0.717) is 39.2 Å². The van der Waals surface area contributed by atoms with E-state index in [1.54, 1.807) is 0 Å². The highest BCUT2D eigenvalue weighted by atomic mass is 16.6. The van der Waals surface area contributed by atoms with Gasteiger partial charge in [-0.15, -0.1) is 0 Å². The molecule has 2 heterocycles. The molecule has 2 rings (SSSR count). The first kappa shape index (κ1) is 13.3. The van der Waals surface area contributed by atoms with Crippen molar-refractivity contribution >= 4 is 11.9 Å². The first-order valence-electron chi connectivity index (χ1n) is 6.02. The van der Waals surface area contributed by atoms with Crippen LogP contribution in [-0.4, -0.2) is 61.7 Å². The predicted molar refractivity (Wildman–Crippen MR) is 59.1 cm³/mol. The molecule has 0 aromatic heterocycles. The summed E-state index contributed by atoms with van der Waals surface area (Å²) in [6, 6.07) is 0. The zero-order valence-corrected chi connectivity index (χ0v) is 9.96. The Kier molecular flexibility index (Phi) is 4.51. The van der Waals surface area contributed by atoms with Crippen molar-refractivity contribution in [3.05, 3.63) is 0 Å². The van der Waals surface area contributed by atoms with Gasteiger partial charge in [-0.05, 0) is 12.8 Å². The topological polar surface area (TPSA) is 94.1 Å². The lowest BCUT2D eigenvalue weighted by atomic mass is 10.2. The maximum absolute atomic E-state index is 11.7. The van der Waals surface area contributed by atoms with Gasteiger partial charge in [0.25, 0.3) is 0 Å². The minimum Gasteiger partial charge on any atom is -0.479 e. The largest absolute Gasteiger partial charge is 0.479 e. The molecule has 1 amide bonds. The van der Waals surface area contributed by atoms with Crippen molar-refractivity contribution in [1.82, 2.24) is 5.32 Å². The molecule has 102 valence electrons. The van der Waals surface area contributed by atoms with Crippen LogP contribution in [0.25, 0.3) is 0 Å². The average molecular weight is 259 g/mol. The summed E-state index contributed by atoms with van der Waals surface area (Å²) in [4.78, 5) is 22.4. The molecule has 18 heavy (non-hydrogen) atoms. The molecule has 3 atom stereocenters. The first-order valence-corrected chi connectivity index (χ1v) is 6.02. The Hall–Kier alpha value is -1.18. The number of hydrogen-bond donors (Lipinski definition) is 2. The van der Waals surface area contributed by atoms with E-state index in [1.165, 1.54) is 0 Å². The quantitative estimate of drug-likeness (QED) is 0.683. The van der Waals surface area contributed by atoms with Crippen LogP contribution < -0.4 is 5.32 Å². The van der Waals surface area contributed by atoms with Gasteiger partial charge in [-0.25, -0.2) is 4.79 Å². The van der Waals surface area contributed by atoms with Crippen LogP contribution in [0.2, 0.25) is 0 Å². The molecule has 2 N–H and O–H groups in total. The van der Waals surface area contributed by atoms with Crippen LogP contribution >= 0.6 is 0 Å². The molecule has 0 spiro atoms. The van der Waals surface area contributed by atoms with E-state index in [4.69, 9.17) is 19.3 Å². The zero-order chi connectivity index (χ0) is 13.0. The van der Waals surface area contributed by atoms with E-state index in [2.05, 4.69) is 5.32 Å². The summed E-state index contributed by atoms with van der Waals surface area (Å²) in [6.07, 6.45) is -0.869. The fourth-order valence-electron chi connectivity index (χ4n) is 1.99. The highest BCUT2D eigenvalue weighted by molar-refractivity contribution is 5.82. The molecular weight excluding hydrogens is 242 g/mol. The molecule has 0 bridgehead atoms. The molecule has 0 aliphatic carbocycles. The molecule has 7 nitrogen and oxygen atoms in total. The van der Waals surface area contributed by atoms with Crippen LogP contribution in [0.3, 0.4) is 0 Å². The summed E-state index contributed by atoms with van der Waals surface area (Å²) in [7, 11) is 0. The van der Waals surface area contributed by atoms with Gasteiger partial charge in [0.05, 0.1) is 25.9 Å². The number of carbonyl (C=O) groups excluding carboxylic acids is 1. The van der Waals surface area contributed by atoms with Crippen LogP contribution in [0, 0.1) is 0 Å². The van der Waals surface area contributed by atoms with E-state index in [9.17, 15) is 9.59 Å². The lowest BCUT2D eigenvalue weighted by molar-refractivity contribution is -0.152. The second-order valence-corrected chi connectivity index (χ2v) is 4.34. The number of hydrogen-bond acceptors (Lipinski definition) is 5. The number of nitrogens with one attached hydrogen (secondary N) is 1. The first-order chi connectivity index (χ1) is 8.66. The molecule has 0 aromatic rings. The van der Waals surface area contributed by atoms with Gasteiger partial charge in [-0.1, -0.05) is 0 Å². The minimum atomic E-state index is -1.02. The predicted octanol–water partition coefficient (Wildman–Crippen LogP) is -0.850. The Morgan fingerprint density at radius 3 is 2.61 bits per heavy atom. The monoisotopic (exact) mass is 259 g/mol. The van der Waals surface area contributed by atoms with E-state index in [0.717, 1.165) is 0 Å². The average Bonchev–Trinajstić information content (AvgIpc) is 2.87. The van der Waals surface area contributed by atoms with Crippen LogP contribution in [0.5, 0.6) is 0 Å². The number of aliphatic carboxylic acids is 1. The van der Waals surface area contributed by atoms with Crippen molar-refractivity contribution in [2.45, 2.75) is 31.2 Å². The number of amides is 1. The van der Waals surface area contributed by atoms with Crippen molar-refractivity contribution < 1.29 is 28.9 Å². The number of carboxylic acids is 1. The standard InChI is InChI=1S/C11H17NO6/c13-10(8-1-2-9(18-8)11(14)15)12-5-7-6-16-3-4-17-7/h7-9H,1-6H2,(H,12,13)(H,14,15). The lowest BCUT2D eigenvalue weighted by Crippen LogP contribution is -2.43. The van der Waals surface area contributed by atoms with Gasteiger partial charge in [0.1, 0.15) is 6.10 Å². The SMILES string of the molecule is O=C(O)C1CCC(C(=O)NCC2COCCO2)O1. The number of ether oxygens (including phenoxy) is 3. The molecule has 2 aliphatic heterocycles. The molecule has 7 heteroatoms. The van der Waals surface area contributed by atoms with E-state index < -0.39 is 18.2 Å². The maximum atomic E-state index is 11.7. The van der Waals surface area contributed by atoms with Crippen LogP contribution in [0.15, 0.2) is 0 Å². The summed E-state index contributed by atoms with van der Waals surface area (Å²) < 4.78 is 15.7. The smallest absolute Gasteiger partial charge is 0.332 e. The molecule has 0 radical (unpaired) electrons. The fourth-order valence-corrected chi connectivity index (χ4v) is 1.99. The van der Waals surface area contributed by atoms with Crippen LogP contribution in [0.1, 0.15) is 12.8 Å². The summed E-state index contributed by atoms with van der Waals surface area (Å²) in [6.45, 7) is 1.93. The number of carbonyl (C=O) groups is 2. The maximum Gasteiger partial charge on any atom is 0.332 e. The molecular formula is C11H17NO6. The molecule has 0 aromatic carbocycles. The van der Waals surface area contributed by atoms with Gasteiger partial charge in [-0.3, -0.25) is 4.79 Å². The Morgan fingerprint density at radius 1 is 1.22 bits per heavy atom. The highest BCUT2D eigenvalue weighted by Gasteiger charge is 2.34. The fraction of sp³-hybridized carbons (Fsp3) is 0.818. The molecule has 3 unspecified atom stereocenters. The second kappa shape index (κ2) is 6.12. The lowest BCUT2D eigenvalue weighted by Gasteiger charge is -2.23. The van der Waals surface area contributed by atoms with Gasteiger partial charge < -0.3 is 24.6 Å². The number of rotatable bonds is 4. The summed E-state index contributed by atoms with van der Waals surface area (Å²) >= 11 is 0. The van der Waals surface area contributed by atoms with Gasteiger partial charge >= 0.3 is 5.97 Å². The molecule has 2 saturated heterocycles. The zero-order valence-electron chi connectivity index (χ0n) is 9.96. The third-order valence-corrected chi connectivity index (χ3v) is 2.98. The van der Waals surface area contributed by atoms with Crippen molar-refractivity contribution in [3.63, 3.8) is 0 Å². The molecule has 2 fully saturated rings. The second-order valence-electron chi connectivity index (χ2n) is 4.34. The Labute approximate surface area is 104 Å². The van der Waals surface area contributed by atoms with Crippen molar-refractivity contribution in [1.29, 1.82) is 0 Å². The van der Waals surface area contributed by atoms with Gasteiger partial charge in [-0.2, -0.15) is 0 Å². The van der Waals surface area contributed by atoms with Crippen molar-refractivity contribution in [3.8, 4) is 0 Å². The third kappa shape index (κ3) is 3.41. The Morgan fingerprint density at radius 2 is 2.00 bits per heavy atom. The van der Waals surface area contributed by atoms with Crippen molar-refractivity contribution in [2.75, 3.05) is 26.4 Å². The normalized spacial score (nSPS) is 32.1. The van der Waals surface area contributed by atoms with E-state index in [1.807, 2.05) is 0 Å². The Bertz CT molecular complexity index is 315. The third-order valence-electron chi connectivity index (χ3n) is 2.98. The Balaban J connectivity index is 1.70. The van der Waals surface area contributed by atoms with Gasteiger partial charge in [0.15, 0.2) is 6.10 Å². The summed E-state index contributed by atoms with van der Waals surface area (Å²) in [5.41, 5.74) is 0. The van der Waals surface area contributed by atoms with Gasteiger partial charge in [0.2, 0.25) is 5.91 Å². The van der Waals surface area contributed by atoms with Crippen molar-refractivity contribution in [2.24, 2.45) is 0 Å². The molecule has 2 aliphatic rings. The van der Waals surface area contributed by atoms with Crippen LogP contribution in [0.4, 0.5) is 0 Å².